The molecule has 9 nitrogen and oxygen atoms in total. The van der Waals surface area contributed by atoms with E-state index in [4.69, 9.17) is 14.2 Å². The highest BCUT2D eigenvalue weighted by Gasteiger charge is 2.25. The van der Waals surface area contributed by atoms with E-state index in [1.54, 1.807) is 38.5 Å². The molecule has 3 amide bonds. The van der Waals surface area contributed by atoms with Gasteiger partial charge in [0.05, 0.1) is 25.9 Å². The van der Waals surface area contributed by atoms with Crippen LogP contribution in [-0.2, 0) is 11.2 Å². The molecular formula is C33H40N4O5. The van der Waals surface area contributed by atoms with Gasteiger partial charge in [-0.2, -0.15) is 0 Å². The van der Waals surface area contributed by atoms with Gasteiger partial charge in [-0.25, -0.2) is 4.79 Å². The minimum Gasteiger partial charge on any atom is -0.497 e. The van der Waals surface area contributed by atoms with Crippen LogP contribution in [0.4, 0.5) is 21.9 Å². The van der Waals surface area contributed by atoms with Crippen molar-refractivity contribution in [2.45, 2.75) is 38.2 Å². The average Bonchev–Trinajstić information content (AvgIpc) is 3.54. The van der Waals surface area contributed by atoms with E-state index in [1.807, 2.05) is 12.1 Å². The van der Waals surface area contributed by atoms with Crippen LogP contribution >= 0.6 is 0 Å². The molecular weight excluding hydrogens is 532 g/mol. The normalized spacial score (nSPS) is 17.0. The molecule has 0 aromatic heterocycles. The summed E-state index contributed by atoms with van der Waals surface area (Å²) < 4.78 is 16.3. The van der Waals surface area contributed by atoms with Crippen LogP contribution in [0.15, 0.2) is 66.7 Å². The van der Waals surface area contributed by atoms with Crippen molar-refractivity contribution in [2.24, 2.45) is 5.92 Å². The number of carbonyl (C=O) groups is 2. The molecule has 0 spiro atoms. The van der Waals surface area contributed by atoms with E-state index >= 15 is 0 Å². The van der Waals surface area contributed by atoms with Crippen molar-refractivity contribution in [3.63, 3.8) is 0 Å². The lowest BCUT2D eigenvalue weighted by Gasteiger charge is -2.35. The van der Waals surface area contributed by atoms with Gasteiger partial charge in [0.1, 0.15) is 11.5 Å². The first-order chi connectivity index (χ1) is 20.5. The number of amides is 3. The second kappa shape index (κ2) is 14.1. The Bertz CT molecular complexity index is 1330. The highest BCUT2D eigenvalue weighted by Crippen LogP contribution is 2.31. The maximum absolute atomic E-state index is 13.5. The summed E-state index contributed by atoms with van der Waals surface area (Å²) in [5.41, 5.74) is 3.82. The van der Waals surface area contributed by atoms with E-state index in [9.17, 15) is 9.59 Å². The molecule has 2 heterocycles. The van der Waals surface area contributed by atoms with Gasteiger partial charge in [0, 0.05) is 61.5 Å². The van der Waals surface area contributed by atoms with Crippen molar-refractivity contribution in [2.75, 3.05) is 56.0 Å². The van der Waals surface area contributed by atoms with Crippen LogP contribution in [0.25, 0.3) is 0 Å². The second-order valence-corrected chi connectivity index (χ2v) is 10.9. The van der Waals surface area contributed by atoms with E-state index in [0.717, 1.165) is 57.5 Å². The Morgan fingerprint density at radius 2 is 1.60 bits per heavy atom. The number of nitrogens with one attached hydrogen (secondary N) is 3. The number of hydrogen-bond donors (Lipinski definition) is 3. The summed E-state index contributed by atoms with van der Waals surface area (Å²) in [6.45, 7) is 2.94. The number of urea groups is 1. The van der Waals surface area contributed by atoms with E-state index in [-0.39, 0.29) is 12.0 Å². The van der Waals surface area contributed by atoms with Crippen LogP contribution in [0.1, 0.15) is 41.6 Å². The van der Waals surface area contributed by atoms with E-state index < -0.39 is 6.03 Å². The first-order valence-electron chi connectivity index (χ1n) is 14.6. The fourth-order valence-corrected chi connectivity index (χ4v) is 5.68. The molecule has 2 aliphatic rings. The highest BCUT2D eigenvalue weighted by molar-refractivity contribution is 6.04. The molecule has 0 aliphatic carbocycles. The zero-order valence-corrected chi connectivity index (χ0v) is 24.4. The molecule has 2 fully saturated rings. The van der Waals surface area contributed by atoms with Gasteiger partial charge in [-0.15, -0.1) is 0 Å². The third kappa shape index (κ3) is 7.73. The lowest BCUT2D eigenvalue weighted by molar-refractivity contribution is 0.0858. The SMILES string of the molecule is COc1cc(NC(=O)Nc2ccc(N3CCC(Cc4ccccc4)CC3)c(C(=O)NC[C@H]3CCCO3)c2)cc(OC)c1. The number of carbonyl (C=O) groups excluding carboxylic acids is 2. The summed E-state index contributed by atoms with van der Waals surface area (Å²) in [6, 6.07) is 20.8. The average molecular weight is 573 g/mol. The van der Waals surface area contributed by atoms with Gasteiger partial charge in [-0.3, -0.25) is 4.79 Å². The molecule has 222 valence electrons. The minimum atomic E-state index is -0.439. The first kappa shape index (κ1) is 29.3. The molecule has 0 bridgehead atoms. The van der Waals surface area contributed by atoms with Gasteiger partial charge in [-0.05, 0) is 61.8 Å². The zero-order chi connectivity index (χ0) is 29.3. The fourth-order valence-electron chi connectivity index (χ4n) is 5.68. The highest BCUT2D eigenvalue weighted by atomic mass is 16.5. The molecule has 2 aliphatic heterocycles. The zero-order valence-electron chi connectivity index (χ0n) is 24.4. The Morgan fingerprint density at radius 1 is 0.881 bits per heavy atom. The number of methoxy groups -OCH3 is 2. The largest absolute Gasteiger partial charge is 0.497 e. The topological polar surface area (TPSA) is 101 Å². The van der Waals surface area contributed by atoms with Crippen LogP contribution in [-0.4, -0.2) is 58.5 Å². The van der Waals surface area contributed by atoms with Crippen molar-refractivity contribution < 1.29 is 23.8 Å². The summed E-state index contributed by atoms with van der Waals surface area (Å²) in [5, 5.41) is 8.74. The lowest BCUT2D eigenvalue weighted by Crippen LogP contribution is -2.37. The molecule has 42 heavy (non-hydrogen) atoms. The number of piperidine rings is 1. The molecule has 0 radical (unpaired) electrons. The van der Waals surface area contributed by atoms with E-state index in [1.165, 1.54) is 5.56 Å². The van der Waals surface area contributed by atoms with Gasteiger partial charge in [0.15, 0.2) is 0 Å². The number of hydrogen-bond acceptors (Lipinski definition) is 6. The predicted molar refractivity (Wildman–Crippen MR) is 165 cm³/mol. The van der Waals surface area contributed by atoms with Crippen LogP contribution in [0.5, 0.6) is 11.5 Å². The third-order valence-corrected chi connectivity index (χ3v) is 7.95. The predicted octanol–water partition coefficient (Wildman–Crippen LogP) is 5.72. The molecule has 0 unspecified atom stereocenters. The van der Waals surface area contributed by atoms with Crippen LogP contribution in [0, 0.1) is 5.92 Å². The minimum absolute atomic E-state index is 0.0399. The van der Waals surface area contributed by atoms with Crippen molar-refractivity contribution in [1.29, 1.82) is 0 Å². The quantitative estimate of drug-likeness (QED) is 0.288. The summed E-state index contributed by atoms with van der Waals surface area (Å²) in [7, 11) is 3.11. The van der Waals surface area contributed by atoms with Gasteiger partial charge < -0.3 is 35.1 Å². The Kier molecular flexibility index (Phi) is 9.82. The van der Waals surface area contributed by atoms with Gasteiger partial charge in [0.25, 0.3) is 5.91 Å². The van der Waals surface area contributed by atoms with Crippen LogP contribution in [0.3, 0.4) is 0 Å². The van der Waals surface area contributed by atoms with Crippen LogP contribution in [0.2, 0.25) is 0 Å². The smallest absolute Gasteiger partial charge is 0.323 e. The van der Waals surface area contributed by atoms with Crippen molar-refractivity contribution in [3.05, 3.63) is 77.9 Å². The van der Waals surface area contributed by atoms with Crippen molar-refractivity contribution in [1.82, 2.24) is 5.32 Å². The summed E-state index contributed by atoms with van der Waals surface area (Å²) in [5.74, 6) is 1.56. The molecule has 5 rings (SSSR count). The summed E-state index contributed by atoms with van der Waals surface area (Å²) >= 11 is 0. The first-order valence-corrected chi connectivity index (χ1v) is 14.6. The molecule has 2 saturated heterocycles. The Morgan fingerprint density at radius 3 is 2.26 bits per heavy atom. The summed E-state index contributed by atoms with van der Waals surface area (Å²) in [6.07, 6.45) is 5.17. The fraction of sp³-hybridized carbons (Fsp3) is 0.394. The number of nitrogens with zero attached hydrogens (tertiary/aromatic N) is 1. The number of ether oxygens (including phenoxy) is 3. The Hall–Kier alpha value is -4.24. The van der Waals surface area contributed by atoms with Gasteiger partial charge in [-0.1, -0.05) is 30.3 Å². The monoisotopic (exact) mass is 572 g/mol. The molecule has 3 aromatic carbocycles. The molecule has 3 N–H and O–H groups in total. The second-order valence-electron chi connectivity index (χ2n) is 10.9. The third-order valence-electron chi connectivity index (χ3n) is 7.95. The van der Waals surface area contributed by atoms with Crippen molar-refractivity contribution >= 4 is 29.0 Å². The molecule has 3 aromatic rings. The molecule has 0 saturated carbocycles. The number of anilines is 3. The van der Waals surface area contributed by atoms with Gasteiger partial charge >= 0.3 is 6.03 Å². The maximum atomic E-state index is 13.5. The number of rotatable bonds is 10. The Labute approximate surface area is 247 Å². The van der Waals surface area contributed by atoms with E-state index in [2.05, 4.69) is 51.2 Å². The number of benzene rings is 3. The molecule has 9 heteroatoms. The van der Waals surface area contributed by atoms with Crippen molar-refractivity contribution in [3.8, 4) is 11.5 Å². The van der Waals surface area contributed by atoms with Gasteiger partial charge in [0.2, 0.25) is 0 Å². The van der Waals surface area contributed by atoms with E-state index in [0.29, 0.717) is 40.9 Å². The summed E-state index contributed by atoms with van der Waals surface area (Å²) in [4.78, 5) is 28.7. The Balaban J connectivity index is 1.29. The maximum Gasteiger partial charge on any atom is 0.323 e. The molecule has 1 atom stereocenters. The van der Waals surface area contributed by atoms with Crippen LogP contribution < -0.4 is 30.3 Å². The standard InChI is InChI=1S/C33H40N4O5/c1-40-28-18-26(19-29(21-28)41-2)36-33(39)35-25-10-11-31(30(20-25)32(38)34-22-27-9-6-16-42-27)37-14-12-24(13-15-37)17-23-7-4-3-5-8-23/h3-5,7-8,10-11,18-21,24,27H,6,9,12-17,22H2,1-2H3,(H,34,38)(H2,35,36,39)/t27-/m1/s1. The lowest BCUT2D eigenvalue weighted by atomic mass is 9.89.